The van der Waals surface area contributed by atoms with Crippen LogP contribution >= 0.6 is 11.6 Å². The molecule has 19 heavy (non-hydrogen) atoms. The Hall–Kier alpha value is -1.86. The van der Waals surface area contributed by atoms with E-state index in [0.29, 0.717) is 5.02 Å². The summed E-state index contributed by atoms with van der Waals surface area (Å²) in [5, 5.41) is 0.646. The molecule has 2 aromatic carbocycles. The number of carbonyl (C=O) groups is 1. The van der Waals surface area contributed by atoms with E-state index in [1.165, 1.54) is 0 Å². The molecule has 0 aromatic heterocycles. The lowest BCUT2D eigenvalue weighted by Gasteiger charge is -2.03. The first-order valence-corrected chi connectivity index (χ1v) is 6.50. The first-order valence-electron chi connectivity index (χ1n) is 6.12. The molecule has 0 atom stereocenters. The Labute approximate surface area is 118 Å². The molecule has 0 bridgehead atoms. The first kappa shape index (κ1) is 13.6. The van der Waals surface area contributed by atoms with Crippen molar-refractivity contribution in [2.45, 2.75) is 13.8 Å². The second kappa shape index (κ2) is 5.85. The third kappa shape index (κ3) is 3.33. The zero-order valence-electron chi connectivity index (χ0n) is 11.0. The van der Waals surface area contributed by atoms with Crippen LogP contribution in [0.1, 0.15) is 27.0 Å². The monoisotopic (exact) mass is 270 g/mol. The number of carbonyl (C=O) groups excluding carboxylic acids is 1. The van der Waals surface area contributed by atoms with Crippen LogP contribution in [0.25, 0.3) is 6.08 Å². The maximum absolute atomic E-state index is 12.2. The van der Waals surface area contributed by atoms with Gasteiger partial charge in [0.2, 0.25) is 0 Å². The van der Waals surface area contributed by atoms with Crippen LogP contribution in [-0.2, 0) is 0 Å². The van der Waals surface area contributed by atoms with Gasteiger partial charge in [0.1, 0.15) is 0 Å². The number of aryl methyl sites for hydroxylation is 2. The SMILES string of the molecule is Cc1ccc(C)c(C(=O)/C=C/c2ccccc2Cl)c1. The third-order valence-electron chi connectivity index (χ3n) is 2.98. The Morgan fingerprint density at radius 3 is 2.58 bits per heavy atom. The highest BCUT2D eigenvalue weighted by Crippen LogP contribution is 2.17. The van der Waals surface area contributed by atoms with Crippen molar-refractivity contribution in [1.29, 1.82) is 0 Å². The highest BCUT2D eigenvalue weighted by molar-refractivity contribution is 6.32. The summed E-state index contributed by atoms with van der Waals surface area (Å²) in [6.45, 7) is 3.92. The van der Waals surface area contributed by atoms with Gasteiger partial charge in [0.25, 0.3) is 0 Å². The standard InChI is InChI=1S/C17H15ClO/c1-12-7-8-13(2)15(11-12)17(19)10-9-14-5-3-4-6-16(14)18/h3-11H,1-2H3/b10-9+. The van der Waals surface area contributed by atoms with Gasteiger partial charge in [-0.15, -0.1) is 0 Å². The molecule has 0 N–H and O–H groups in total. The van der Waals surface area contributed by atoms with E-state index in [9.17, 15) is 4.79 Å². The van der Waals surface area contributed by atoms with Crippen molar-refractivity contribution in [3.63, 3.8) is 0 Å². The van der Waals surface area contributed by atoms with Gasteiger partial charge in [0, 0.05) is 10.6 Å². The van der Waals surface area contributed by atoms with Gasteiger partial charge in [-0.2, -0.15) is 0 Å². The summed E-state index contributed by atoms with van der Waals surface area (Å²) >= 11 is 6.05. The molecule has 0 aliphatic carbocycles. The van der Waals surface area contributed by atoms with Crippen LogP contribution in [0.4, 0.5) is 0 Å². The van der Waals surface area contributed by atoms with Gasteiger partial charge in [-0.25, -0.2) is 0 Å². The van der Waals surface area contributed by atoms with Gasteiger partial charge in [0.05, 0.1) is 0 Å². The van der Waals surface area contributed by atoms with Gasteiger partial charge in [0.15, 0.2) is 5.78 Å². The molecule has 1 nitrogen and oxygen atoms in total. The van der Waals surface area contributed by atoms with Crippen LogP contribution in [0, 0.1) is 13.8 Å². The van der Waals surface area contributed by atoms with Crippen molar-refractivity contribution in [3.05, 3.63) is 75.8 Å². The zero-order chi connectivity index (χ0) is 13.8. The van der Waals surface area contributed by atoms with Crippen molar-refractivity contribution in [2.24, 2.45) is 0 Å². The van der Waals surface area contributed by atoms with E-state index >= 15 is 0 Å². The third-order valence-corrected chi connectivity index (χ3v) is 3.32. The predicted molar refractivity (Wildman–Crippen MR) is 80.7 cm³/mol. The summed E-state index contributed by atoms with van der Waals surface area (Å²) in [5.41, 5.74) is 3.66. The smallest absolute Gasteiger partial charge is 0.186 e. The number of benzene rings is 2. The van der Waals surface area contributed by atoms with Gasteiger partial charge >= 0.3 is 0 Å². The Balaban J connectivity index is 2.26. The molecule has 0 heterocycles. The molecule has 0 unspecified atom stereocenters. The minimum Gasteiger partial charge on any atom is -0.289 e. The minimum atomic E-state index is 0.00104. The fraction of sp³-hybridized carbons (Fsp3) is 0.118. The molecule has 2 aromatic rings. The lowest BCUT2D eigenvalue weighted by atomic mass is 10.0. The van der Waals surface area contributed by atoms with Crippen molar-refractivity contribution in [1.82, 2.24) is 0 Å². The normalized spacial score (nSPS) is 10.9. The van der Waals surface area contributed by atoms with Gasteiger partial charge < -0.3 is 0 Å². The molecular weight excluding hydrogens is 256 g/mol. The highest BCUT2D eigenvalue weighted by Gasteiger charge is 2.06. The minimum absolute atomic E-state index is 0.00104. The molecule has 0 radical (unpaired) electrons. The molecular formula is C17H15ClO. The molecule has 0 saturated carbocycles. The number of hydrogen-bond acceptors (Lipinski definition) is 1. The van der Waals surface area contributed by atoms with Crippen LogP contribution < -0.4 is 0 Å². The topological polar surface area (TPSA) is 17.1 Å². The van der Waals surface area contributed by atoms with E-state index in [-0.39, 0.29) is 5.78 Å². The zero-order valence-corrected chi connectivity index (χ0v) is 11.7. The Bertz CT molecular complexity index is 641. The number of halogens is 1. The molecule has 0 spiro atoms. The summed E-state index contributed by atoms with van der Waals surface area (Å²) in [6, 6.07) is 13.3. The molecule has 2 rings (SSSR count). The van der Waals surface area contributed by atoms with Gasteiger partial charge in [-0.05, 0) is 49.3 Å². The van der Waals surface area contributed by atoms with E-state index in [2.05, 4.69) is 0 Å². The van der Waals surface area contributed by atoms with Crippen LogP contribution in [-0.4, -0.2) is 5.78 Å². The molecule has 0 aliphatic heterocycles. The summed E-state index contributed by atoms with van der Waals surface area (Å²) in [4.78, 5) is 12.2. The van der Waals surface area contributed by atoms with Gasteiger partial charge in [-0.3, -0.25) is 4.79 Å². The van der Waals surface area contributed by atoms with E-state index in [0.717, 1.165) is 22.3 Å². The number of ketones is 1. The van der Waals surface area contributed by atoms with E-state index < -0.39 is 0 Å². The van der Waals surface area contributed by atoms with Crippen molar-refractivity contribution in [2.75, 3.05) is 0 Å². The number of hydrogen-bond donors (Lipinski definition) is 0. The van der Waals surface area contributed by atoms with Crippen molar-refractivity contribution in [3.8, 4) is 0 Å². The lowest BCUT2D eigenvalue weighted by molar-refractivity contribution is 0.104. The van der Waals surface area contributed by atoms with Crippen molar-refractivity contribution >= 4 is 23.5 Å². The average molecular weight is 271 g/mol. The van der Waals surface area contributed by atoms with Crippen LogP contribution in [0.2, 0.25) is 5.02 Å². The molecule has 0 amide bonds. The molecule has 0 aliphatic rings. The molecule has 0 saturated heterocycles. The van der Waals surface area contributed by atoms with Crippen LogP contribution in [0.3, 0.4) is 0 Å². The summed E-state index contributed by atoms with van der Waals surface area (Å²) in [6.07, 6.45) is 3.33. The summed E-state index contributed by atoms with van der Waals surface area (Å²) in [7, 11) is 0. The Morgan fingerprint density at radius 1 is 1.11 bits per heavy atom. The Morgan fingerprint density at radius 2 is 1.84 bits per heavy atom. The maximum atomic E-state index is 12.2. The van der Waals surface area contributed by atoms with Crippen molar-refractivity contribution < 1.29 is 4.79 Å². The number of allylic oxidation sites excluding steroid dienone is 1. The van der Waals surface area contributed by atoms with E-state index in [1.54, 1.807) is 12.2 Å². The maximum Gasteiger partial charge on any atom is 0.186 e. The fourth-order valence-electron chi connectivity index (χ4n) is 1.87. The van der Waals surface area contributed by atoms with E-state index in [1.807, 2.05) is 56.3 Å². The second-order valence-electron chi connectivity index (χ2n) is 4.54. The summed E-state index contributed by atoms with van der Waals surface area (Å²) in [5.74, 6) is 0.00104. The largest absolute Gasteiger partial charge is 0.289 e. The predicted octanol–water partition coefficient (Wildman–Crippen LogP) is 4.85. The van der Waals surface area contributed by atoms with Crippen LogP contribution in [0.5, 0.6) is 0 Å². The molecule has 96 valence electrons. The van der Waals surface area contributed by atoms with E-state index in [4.69, 9.17) is 11.6 Å². The molecule has 2 heteroatoms. The van der Waals surface area contributed by atoms with Gasteiger partial charge in [-0.1, -0.05) is 47.5 Å². The average Bonchev–Trinajstić information content (AvgIpc) is 2.40. The Kier molecular flexibility index (Phi) is 4.18. The number of rotatable bonds is 3. The first-order chi connectivity index (χ1) is 9.08. The second-order valence-corrected chi connectivity index (χ2v) is 4.94. The molecule has 0 fully saturated rings. The fourth-order valence-corrected chi connectivity index (χ4v) is 2.07. The quantitative estimate of drug-likeness (QED) is 0.575. The highest BCUT2D eigenvalue weighted by atomic mass is 35.5. The summed E-state index contributed by atoms with van der Waals surface area (Å²) < 4.78 is 0. The lowest BCUT2D eigenvalue weighted by Crippen LogP contribution is -1.98. The van der Waals surface area contributed by atoms with Crippen LogP contribution in [0.15, 0.2) is 48.5 Å².